The third-order valence-corrected chi connectivity index (χ3v) is 9.51. The van der Waals surface area contributed by atoms with Crippen LogP contribution in [0.1, 0.15) is 0 Å². The maximum atomic E-state index is 13.1. The van der Waals surface area contributed by atoms with Crippen molar-refractivity contribution in [2.24, 2.45) is 7.05 Å². The molecule has 1 unspecified atom stereocenters. The van der Waals surface area contributed by atoms with Crippen molar-refractivity contribution >= 4 is 63.4 Å². The Morgan fingerprint density at radius 1 is 1.45 bits per heavy atom. The zero-order valence-electron chi connectivity index (χ0n) is 17.0. The molecule has 0 aliphatic carbocycles. The van der Waals surface area contributed by atoms with Gasteiger partial charge in [-0.05, 0) is 16.0 Å². The van der Waals surface area contributed by atoms with E-state index < -0.39 is 45.4 Å². The summed E-state index contributed by atoms with van der Waals surface area (Å²) in [7, 11) is 1.17. The first-order valence-electron chi connectivity index (χ1n) is 9.05. The number of β-lactam (4-membered cyclic amide) rings is 1. The number of carbonyl (C=O) groups is 3. The van der Waals surface area contributed by atoms with Gasteiger partial charge in [0, 0.05) is 25.7 Å². The number of methoxy groups -OCH3 is 1. The fraction of sp³-hybridized carbons (Fsp3) is 0.467. The Hall–Kier alpha value is -2.41. The minimum absolute atomic E-state index is 0.161. The number of aryl methyl sites for hydroxylation is 1. The number of thioether (sulfide) groups is 2. The number of ether oxygens (including phenoxy) is 1. The van der Waals surface area contributed by atoms with E-state index in [2.05, 4.69) is 31.0 Å². The molecule has 4 heterocycles. The minimum atomic E-state index is -1.76. The van der Waals surface area contributed by atoms with E-state index in [1.54, 1.807) is 7.05 Å². The highest BCUT2D eigenvalue weighted by atomic mass is 32.2. The molecule has 3 atom stereocenters. The molecule has 0 saturated carbocycles. The Morgan fingerprint density at radius 3 is 2.85 bits per heavy atom. The Morgan fingerprint density at radius 2 is 2.24 bits per heavy atom. The first-order chi connectivity index (χ1) is 15.8. The first kappa shape index (κ1) is 23.7. The highest BCUT2D eigenvalue weighted by molar-refractivity contribution is 8.01. The smallest absolute Gasteiger partial charge is 0.352 e. The topological polar surface area (TPSA) is 182 Å². The highest BCUT2D eigenvalue weighted by Gasteiger charge is 2.66. The summed E-state index contributed by atoms with van der Waals surface area (Å²) in [6.07, 6.45) is 0. The molecule has 33 heavy (non-hydrogen) atoms. The average Bonchev–Trinajstić information content (AvgIpc) is 3.47. The van der Waals surface area contributed by atoms with E-state index in [-0.39, 0.29) is 21.5 Å². The first-order valence-corrected chi connectivity index (χ1v) is 13.3. The molecule has 0 aromatic carbocycles. The number of aromatic nitrogens is 6. The molecule has 176 valence electrons. The third-order valence-electron chi connectivity index (χ3n) is 4.71. The lowest BCUT2D eigenvalue weighted by molar-refractivity contribution is -0.192. The van der Waals surface area contributed by atoms with Crippen LogP contribution >= 0.6 is 34.9 Å². The van der Waals surface area contributed by atoms with Crippen molar-refractivity contribution in [2.45, 2.75) is 20.6 Å². The molecule has 1 saturated heterocycles. The van der Waals surface area contributed by atoms with E-state index >= 15 is 0 Å². The number of rotatable bonds is 9. The summed E-state index contributed by atoms with van der Waals surface area (Å²) in [5.41, 5.74) is -0.0196. The molecule has 2 aromatic rings. The van der Waals surface area contributed by atoms with E-state index in [4.69, 9.17) is 4.74 Å². The summed E-state index contributed by atoms with van der Waals surface area (Å²) in [6.45, 7) is 0. The number of hydrogen-bond acceptors (Lipinski definition) is 13. The lowest BCUT2D eigenvalue weighted by Gasteiger charge is -2.55. The molecule has 4 rings (SSSR count). The Bertz CT molecular complexity index is 1150. The van der Waals surface area contributed by atoms with Crippen LogP contribution in [-0.2, 0) is 37.0 Å². The van der Waals surface area contributed by atoms with Gasteiger partial charge in [-0.3, -0.25) is 18.7 Å². The standard InChI is InChI=1S/C15H16N8O6S4/c1-22-13(18-20-21-22)31-4-7-3-30-12-15(29-2,11(27)23(12)9(7)10(25)26)17-8(24)5-33(28)14-19-16-6-32-14/h6,12H,3-5H2,1-2H3,(H,17,24)(H,25,26)/t12-,15-,33?/m0/s1. The normalized spacial score (nSPS) is 23.2. The number of aliphatic carboxylic acids is 1. The van der Waals surface area contributed by atoms with Crippen LogP contribution in [0.3, 0.4) is 0 Å². The molecule has 1 fully saturated rings. The van der Waals surface area contributed by atoms with Crippen LogP contribution in [0, 0.1) is 0 Å². The van der Waals surface area contributed by atoms with Gasteiger partial charge in [0.1, 0.15) is 22.3 Å². The summed E-state index contributed by atoms with van der Waals surface area (Å²) in [6, 6.07) is 0. The van der Waals surface area contributed by atoms with Gasteiger partial charge in [-0.1, -0.05) is 23.1 Å². The molecular formula is C15H16N8O6S4. The Balaban J connectivity index is 1.50. The van der Waals surface area contributed by atoms with Gasteiger partial charge in [-0.15, -0.1) is 27.1 Å². The molecule has 0 spiro atoms. The van der Waals surface area contributed by atoms with Crippen LogP contribution in [0.5, 0.6) is 0 Å². The number of nitrogens with one attached hydrogen (secondary N) is 1. The molecule has 2 aliphatic heterocycles. The van der Waals surface area contributed by atoms with Gasteiger partial charge in [-0.25, -0.2) is 9.48 Å². The fourth-order valence-corrected chi connectivity index (χ4v) is 7.25. The quantitative estimate of drug-likeness (QED) is 0.220. The van der Waals surface area contributed by atoms with Crippen LogP contribution < -0.4 is 5.32 Å². The number of carbonyl (C=O) groups excluding carboxylic acids is 2. The van der Waals surface area contributed by atoms with E-state index in [9.17, 15) is 23.7 Å². The van der Waals surface area contributed by atoms with Crippen LogP contribution in [0.4, 0.5) is 0 Å². The summed E-state index contributed by atoms with van der Waals surface area (Å²) >= 11 is 3.54. The molecule has 2 aromatic heterocycles. The SMILES string of the molecule is CO[C@@]1(NC(=O)CS(=O)c2nncs2)C(=O)N2C(C(=O)O)=C(CSc3nnnn3C)CS[C@H]21. The van der Waals surface area contributed by atoms with Crippen LogP contribution in [0.2, 0.25) is 0 Å². The summed E-state index contributed by atoms with van der Waals surface area (Å²) in [4.78, 5) is 38.7. The van der Waals surface area contributed by atoms with Gasteiger partial charge in [0.15, 0.2) is 0 Å². The number of carboxylic acids is 1. The summed E-state index contributed by atoms with van der Waals surface area (Å²) in [5.74, 6) is -2.60. The van der Waals surface area contributed by atoms with Gasteiger partial charge in [0.25, 0.3) is 11.6 Å². The average molecular weight is 533 g/mol. The summed E-state index contributed by atoms with van der Waals surface area (Å²) in [5, 5.41) is 30.4. The number of amides is 2. The van der Waals surface area contributed by atoms with Crippen molar-refractivity contribution in [3.63, 3.8) is 0 Å². The van der Waals surface area contributed by atoms with Crippen molar-refractivity contribution in [1.29, 1.82) is 0 Å². The van der Waals surface area contributed by atoms with Gasteiger partial charge in [0.2, 0.25) is 15.4 Å². The minimum Gasteiger partial charge on any atom is -0.477 e. The number of tetrazole rings is 1. The number of fused-ring (bicyclic) bond motifs is 1. The molecule has 2 amide bonds. The van der Waals surface area contributed by atoms with Crippen molar-refractivity contribution in [3.8, 4) is 0 Å². The molecule has 2 aliphatic rings. The Labute approximate surface area is 201 Å². The fourth-order valence-electron chi connectivity index (χ4n) is 3.24. The maximum Gasteiger partial charge on any atom is 0.352 e. The van der Waals surface area contributed by atoms with Gasteiger partial charge in [-0.2, -0.15) is 0 Å². The third kappa shape index (κ3) is 4.27. The van der Waals surface area contributed by atoms with Crippen molar-refractivity contribution in [3.05, 3.63) is 16.8 Å². The molecular weight excluding hydrogens is 516 g/mol. The predicted molar refractivity (Wildman–Crippen MR) is 116 cm³/mol. The lowest BCUT2D eigenvalue weighted by Crippen LogP contribution is -2.80. The number of nitrogens with zero attached hydrogens (tertiary/aromatic N) is 7. The van der Waals surface area contributed by atoms with Crippen molar-refractivity contribution in [1.82, 2.24) is 40.6 Å². The molecule has 2 N–H and O–H groups in total. The summed E-state index contributed by atoms with van der Waals surface area (Å²) < 4.78 is 19.3. The zero-order valence-corrected chi connectivity index (χ0v) is 20.3. The van der Waals surface area contributed by atoms with Crippen molar-refractivity contribution in [2.75, 3.05) is 24.4 Å². The maximum absolute atomic E-state index is 13.1. The largest absolute Gasteiger partial charge is 0.477 e. The van der Waals surface area contributed by atoms with Crippen LogP contribution in [0.15, 0.2) is 26.3 Å². The zero-order chi connectivity index (χ0) is 23.8. The van der Waals surface area contributed by atoms with Crippen LogP contribution in [0.25, 0.3) is 0 Å². The lowest BCUT2D eigenvalue weighted by atomic mass is 9.98. The van der Waals surface area contributed by atoms with Gasteiger partial charge in [0.05, 0.1) is 10.8 Å². The van der Waals surface area contributed by atoms with E-state index in [1.807, 2.05) is 0 Å². The number of hydrogen-bond donors (Lipinski definition) is 2. The van der Waals surface area contributed by atoms with E-state index in [1.165, 1.54) is 40.8 Å². The molecule has 0 bridgehead atoms. The molecule has 0 radical (unpaired) electrons. The van der Waals surface area contributed by atoms with Gasteiger partial charge < -0.3 is 15.2 Å². The van der Waals surface area contributed by atoms with Gasteiger partial charge >= 0.3 is 5.97 Å². The van der Waals surface area contributed by atoms with Crippen LogP contribution in [-0.4, -0.2) is 97.9 Å². The van der Waals surface area contributed by atoms with Crippen molar-refractivity contribution < 1.29 is 28.4 Å². The second kappa shape index (κ2) is 9.45. The second-order valence-electron chi connectivity index (χ2n) is 6.65. The second-order valence-corrected chi connectivity index (χ2v) is 11.1. The van der Waals surface area contributed by atoms with E-state index in [0.717, 1.165) is 16.2 Å². The monoisotopic (exact) mass is 532 g/mol. The highest BCUT2D eigenvalue weighted by Crippen LogP contribution is 2.47. The predicted octanol–water partition coefficient (Wildman–Crippen LogP) is -1.33. The van der Waals surface area contributed by atoms with E-state index in [0.29, 0.717) is 10.7 Å². The molecule has 14 nitrogen and oxygen atoms in total. The molecule has 18 heteroatoms. The Kier molecular flexibility index (Phi) is 6.80. The number of carboxylic acid groups (broad SMARTS) is 1.